The minimum absolute atomic E-state index is 0.117. The largest absolute Gasteiger partial charge is 0.479 e. The van der Waals surface area contributed by atoms with Crippen LogP contribution >= 0.6 is 0 Å². The molecule has 0 saturated carbocycles. The first-order valence-electron chi connectivity index (χ1n) is 10.2. The van der Waals surface area contributed by atoms with Crippen LogP contribution in [0, 0.1) is 5.82 Å². The maximum Gasteiger partial charge on any atom is 0.250 e. The van der Waals surface area contributed by atoms with Crippen LogP contribution in [0.3, 0.4) is 0 Å². The SMILES string of the molecule is C=CC(=O)N1CC(n2nc(-c3cnc(OC)c(F)c3)c3c(N)ncnc32)Cc2ccccc21. The number of methoxy groups -OCH3 is 1. The highest BCUT2D eigenvalue weighted by Crippen LogP contribution is 2.37. The summed E-state index contributed by atoms with van der Waals surface area (Å²) >= 11 is 0. The van der Waals surface area contributed by atoms with Gasteiger partial charge in [0.25, 0.3) is 0 Å². The summed E-state index contributed by atoms with van der Waals surface area (Å²) in [5.41, 5.74) is 9.32. The number of pyridine rings is 1. The van der Waals surface area contributed by atoms with Crippen LogP contribution in [-0.4, -0.2) is 44.3 Å². The zero-order valence-corrected chi connectivity index (χ0v) is 17.8. The molecule has 3 aromatic heterocycles. The Kier molecular flexibility index (Phi) is 4.97. The third-order valence-electron chi connectivity index (χ3n) is 5.71. The summed E-state index contributed by atoms with van der Waals surface area (Å²) in [6, 6.07) is 8.74. The lowest BCUT2D eigenvalue weighted by Gasteiger charge is -2.34. The summed E-state index contributed by atoms with van der Waals surface area (Å²) in [7, 11) is 1.35. The zero-order chi connectivity index (χ0) is 23.1. The number of benzene rings is 1. The minimum atomic E-state index is -0.623. The molecule has 0 spiro atoms. The predicted octanol–water partition coefficient (Wildman–Crippen LogP) is 2.93. The van der Waals surface area contributed by atoms with Crippen molar-refractivity contribution in [3.05, 3.63) is 66.9 Å². The molecule has 1 unspecified atom stereocenters. The van der Waals surface area contributed by atoms with Crippen molar-refractivity contribution >= 4 is 28.4 Å². The Morgan fingerprint density at radius 3 is 2.88 bits per heavy atom. The number of para-hydroxylation sites is 1. The Morgan fingerprint density at radius 2 is 2.12 bits per heavy atom. The van der Waals surface area contributed by atoms with E-state index in [1.807, 2.05) is 24.3 Å². The van der Waals surface area contributed by atoms with Crippen LogP contribution in [0.5, 0.6) is 5.88 Å². The van der Waals surface area contributed by atoms with Crippen LogP contribution < -0.4 is 15.4 Å². The van der Waals surface area contributed by atoms with E-state index in [2.05, 4.69) is 21.5 Å². The smallest absolute Gasteiger partial charge is 0.250 e. The number of anilines is 2. The molecule has 5 rings (SSSR count). The number of aromatic nitrogens is 5. The number of amides is 1. The first-order valence-corrected chi connectivity index (χ1v) is 10.2. The number of ether oxygens (including phenoxy) is 1. The van der Waals surface area contributed by atoms with Crippen molar-refractivity contribution in [3.8, 4) is 17.1 Å². The van der Waals surface area contributed by atoms with E-state index in [4.69, 9.17) is 15.6 Å². The van der Waals surface area contributed by atoms with Gasteiger partial charge in [-0.3, -0.25) is 4.79 Å². The van der Waals surface area contributed by atoms with Gasteiger partial charge < -0.3 is 15.4 Å². The molecule has 0 radical (unpaired) electrons. The second-order valence-corrected chi connectivity index (χ2v) is 7.61. The van der Waals surface area contributed by atoms with Gasteiger partial charge in [0.15, 0.2) is 11.5 Å². The predicted molar refractivity (Wildman–Crippen MR) is 121 cm³/mol. The Bertz CT molecular complexity index is 1400. The molecule has 4 heterocycles. The number of nitrogen functional groups attached to an aromatic ring is 1. The fraction of sp³-hybridized carbons (Fsp3) is 0.174. The average molecular weight is 445 g/mol. The van der Waals surface area contributed by atoms with E-state index >= 15 is 0 Å². The molecule has 1 aliphatic rings. The highest BCUT2D eigenvalue weighted by Gasteiger charge is 2.31. The molecular formula is C23H20FN7O2. The Hall–Kier alpha value is -4.34. The van der Waals surface area contributed by atoms with Gasteiger partial charge in [0.1, 0.15) is 17.8 Å². The number of carbonyl (C=O) groups excluding carboxylic acids is 1. The van der Waals surface area contributed by atoms with E-state index in [9.17, 15) is 9.18 Å². The number of rotatable bonds is 4. The van der Waals surface area contributed by atoms with Gasteiger partial charge in [0.2, 0.25) is 11.8 Å². The molecule has 2 N–H and O–H groups in total. The number of halogens is 1. The van der Waals surface area contributed by atoms with E-state index in [0.29, 0.717) is 35.3 Å². The third-order valence-corrected chi connectivity index (χ3v) is 5.71. The maximum atomic E-state index is 14.4. The Labute approximate surface area is 188 Å². The number of nitrogens with two attached hydrogens (primary N) is 1. The van der Waals surface area contributed by atoms with Crippen LogP contribution in [-0.2, 0) is 11.2 Å². The van der Waals surface area contributed by atoms with Gasteiger partial charge in [-0.25, -0.2) is 24.0 Å². The second kappa shape index (κ2) is 7.97. The molecule has 9 nitrogen and oxygen atoms in total. The van der Waals surface area contributed by atoms with Crippen LogP contribution in [0.25, 0.3) is 22.3 Å². The standard InChI is InChI=1S/C23H20FN7O2/c1-3-18(32)30-11-15(8-13-6-4-5-7-17(13)30)31-22-19(21(25)27-12-28-22)20(29-31)14-9-16(24)23(33-2)26-10-14/h3-7,9-10,12,15H,1,8,11H2,2H3,(H2,25,27,28). The summed E-state index contributed by atoms with van der Waals surface area (Å²) in [6.07, 6.45) is 4.73. The van der Waals surface area contributed by atoms with Crippen molar-refractivity contribution in [3.63, 3.8) is 0 Å². The second-order valence-electron chi connectivity index (χ2n) is 7.61. The van der Waals surface area contributed by atoms with Gasteiger partial charge in [-0.15, -0.1) is 0 Å². The van der Waals surface area contributed by atoms with E-state index in [1.165, 1.54) is 31.8 Å². The molecule has 0 aliphatic carbocycles. The first kappa shape index (κ1) is 20.6. The van der Waals surface area contributed by atoms with Crippen LogP contribution in [0.4, 0.5) is 15.9 Å². The molecule has 10 heteroatoms. The summed E-state index contributed by atoms with van der Waals surface area (Å²) in [4.78, 5) is 26.8. The lowest BCUT2D eigenvalue weighted by molar-refractivity contribution is -0.114. The topological polar surface area (TPSA) is 112 Å². The molecule has 1 atom stereocenters. The third kappa shape index (κ3) is 3.36. The van der Waals surface area contributed by atoms with Crippen molar-refractivity contribution in [2.45, 2.75) is 12.5 Å². The minimum Gasteiger partial charge on any atom is -0.479 e. The Morgan fingerprint density at radius 1 is 1.30 bits per heavy atom. The van der Waals surface area contributed by atoms with Crippen molar-refractivity contribution in [2.24, 2.45) is 0 Å². The highest BCUT2D eigenvalue weighted by molar-refractivity contribution is 6.02. The van der Waals surface area contributed by atoms with Crippen molar-refractivity contribution in [1.29, 1.82) is 0 Å². The first-order chi connectivity index (χ1) is 16.0. The average Bonchev–Trinajstić information content (AvgIpc) is 3.24. The van der Waals surface area contributed by atoms with Crippen LogP contribution in [0.2, 0.25) is 0 Å². The van der Waals surface area contributed by atoms with Crippen molar-refractivity contribution in [1.82, 2.24) is 24.7 Å². The number of hydrogen-bond acceptors (Lipinski definition) is 7. The number of nitrogens with zero attached hydrogens (tertiary/aromatic N) is 6. The Balaban J connectivity index is 1.67. The van der Waals surface area contributed by atoms with Gasteiger partial charge in [0, 0.05) is 24.0 Å². The van der Waals surface area contributed by atoms with Crippen LogP contribution in [0.15, 0.2) is 55.5 Å². The quantitative estimate of drug-likeness (QED) is 0.481. The van der Waals surface area contributed by atoms with E-state index in [-0.39, 0.29) is 23.6 Å². The van der Waals surface area contributed by atoms with E-state index in [0.717, 1.165) is 11.3 Å². The highest BCUT2D eigenvalue weighted by atomic mass is 19.1. The molecule has 0 bridgehead atoms. The zero-order valence-electron chi connectivity index (χ0n) is 17.8. The molecule has 1 amide bonds. The van der Waals surface area contributed by atoms with Gasteiger partial charge in [0.05, 0.1) is 18.5 Å². The molecular weight excluding hydrogens is 425 g/mol. The van der Waals surface area contributed by atoms with Gasteiger partial charge in [-0.05, 0) is 30.2 Å². The maximum absolute atomic E-state index is 14.4. The summed E-state index contributed by atoms with van der Waals surface area (Å²) in [5, 5.41) is 5.25. The van der Waals surface area contributed by atoms with Gasteiger partial charge in [-0.2, -0.15) is 5.10 Å². The van der Waals surface area contributed by atoms with E-state index in [1.54, 1.807) is 9.58 Å². The fourth-order valence-corrected chi connectivity index (χ4v) is 4.21. The van der Waals surface area contributed by atoms with Gasteiger partial charge in [-0.1, -0.05) is 24.8 Å². The molecule has 4 aromatic rings. The van der Waals surface area contributed by atoms with E-state index < -0.39 is 5.82 Å². The monoisotopic (exact) mass is 445 g/mol. The molecule has 33 heavy (non-hydrogen) atoms. The number of carbonyl (C=O) groups is 1. The lowest BCUT2D eigenvalue weighted by Crippen LogP contribution is -2.40. The number of fused-ring (bicyclic) bond motifs is 2. The lowest BCUT2D eigenvalue weighted by atomic mass is 9.97. The summed E-state index contributed by atoms with van der Waals surface area (Å²) in [6.45, 7) is 3.99. The molecule has 166 valence electrons. The fourth-order valence-electron chi connectivity index (χ4n) is 4.21. The molecule has 0 saturated heterocycles. The molecule has 1 aromatic carbocycles. The van der Waals surface area contributed by atoms with Crippen molar-refractivity contribution in [2.75, 3.05) is 24.3 Å². The molecule has 0 fully saturated rings. The molecule has 1 aliphatic heterocycles. The summed E-state index contributed by atoms with van der Waals surface area (Å²) in [5.74, 6) is -0.733. The van der Waals surface area contributed by atoms with Gasteiger partial charge >= 0.3 is 0 Å². The normalized spacial score (nSPS) is 15.3. The van der Waals surface area contributed by atoms with Crippen LogP contribution in [0.1, 0.15) is 11.6 Å². The summed E-state index contributed by atoms with van der Waals surface area (Å²) < 4.78 is 21.0. The number of hydrogen-bond donors (Lipinski definition) is 1. The van der Waals surface area contributed by atoms with Crippen molar-refractivity contribution < 1.29 is 13.9 Å².